The van der Waals surface area contributed by atoms with Crippen molar-refractivity contribution >= 4 is 5.97 Å². The van der Waals surface area contributed by atoms with Gasteiger partial charge in [-0.1, -0.05) is 0 Å². The Labute approximate surface area is 127 Å². The predicted octanol–water partition coefficient (Wildman–Crippen LogP) is 1.27. The molecule has 0 bridgehead atoms. The van der Waals surface area contributed by atoms with Gasteiger partial charge in [0.2, 0.25) is 0 Å². The Balaban J connectivity index is 2.35. The first-order valence-corrected chi connectivity index (χ1v) is 6.99. The van der Waals surface area contributed by atoms with Crippen molar-refractivity contribution in [3.63, 3.8) is 0 Å². The molecule has 0 fully saturated rings. The second-order valence-electron chi connectivity index (χ2n) is 4.51. The number of halogens is 1. The lowest BCUT2D eigenvalue weighted by molar-refractivity contribution is 0.0525. The molecule has 2 rings (SSSR count). The number of esters is 1. The molecule has 1 heterocycles. The van der Waals surface area contributed by atoms with Crippen molar-refractivity contribution in [3.8, 4) is 5.69 Å². The molecule has 0 radical (unpaired) electrons. The highest BCUT2D eigenvalue weighted by Gasteiger charge is 2.19. The molecular formula is C15H18FN3O3. The van der Waals surface area contributed by atoms with E-state index in [-0.39, 0.29) is 19.0 Å². The lowest BCUT2D eigenvalue weighted by Crippen LogP contribution is -2.21. The Morgan fingerprint density at radius 3 is 2.77 bits per heavy atom. The Kier molecular flexibility index (Phi) is 5.62. The number of aromatic nitrogens is 2. The van der Waals surface area contributed by atoms with E-state index in [4.69, 9.17) is 9.84 Å². The standard InChI is InChI=1S/C15H18FN3O3/c1-2-22-15(21)13-9-18-19(14(13)10-17-7-8-20)12-5-3-11(16)4-6-12/h3-6,9,17,20H,2,7-8,10H2,1H3. The average molecular weight is 307 g/mol. The Bertz CT molecular complexity index is 625. The van der Waals surface area contributed by atoms with Crippen LogP contribution >= 0.6 is 0 Å². The molecule has 118 valence electrons. The van der Waals surface area contributed by atoms with Crippen LogP contribution in [0.4, 0.5) is 4.39 Å². The van der Waals surface area contributed by atoms with Gasteiger partial charge in [-0.15, -0.1) is 0 Å². The van der Waals surface area contributed by atoms with E-state index >= 15 is 0 Å². The monoisotopic (exact) mass is 307 g/mol. The number of benzene rings is 1. The van der Waals surface area contributed by atoms with Gasteiger partial charge in [0.1, 0.15) is 11.4 Å². The van der Waals surface area contributed by atoms with E-state index in [1.807, 2.05) is 0 Å². The van der Waals surface area contributed by atoms with Crippen molar-refractivity contribution in [1.29, 1.82) is 0 Å². The summed E-state index contributed by atoms with van der Waals surface area (Å²) in [7, 11) is 0. The molecule has 0 atom stereocenters. The molecule has 0 aliphatic rings. The first-order chi connectivity index (χ1) is 10.7. The highest BCUT2D eigenvalue weighted by Crippen LogP contribution is 2.16. The molecule has 1 aromatic carbocycles. The predicted molar refractivity (Wildman–Crippen MR) is 78.3 cm³/mol. The van der Waals surface area contributed by atoms with Gasteiger partial charge < -0.3 is 15.2 Å². The normalized spacial score (nSPS) is 10.7. The van der Waals surface area contributed by atoms with E-state index in [1.54, 1.807) is 23.7 Å². The Morgan fingerprint density at radius 1 is 1.41 bits per heavy atom. The molecular weight excluding hydrogens is 289 g/mol. The number of nitrogens with one attached hydrogen (secondary N) is 1. The number of carbonyl (C=O) groups excluding carboxylic acids is 1. The second kappa shape index (κ2) is 7.67. The van der Waals surface area contributed by atoms with Crippen molar-refractivity contribution in [3.05, 3.63) is 47.5 Å². The molecule has 1 aromatic heterocycles. The molecule has 0 spiro atoms. The average Bonchev–Trinajstić information content (AvgIpc) is 2.92. The third-order valence-electron chi connectivity index (χ3n) is 3.02. The maximum Gasteiger partial charge on any atom is 0.341 e. The van der Waals surface area contributed by atoms with Gasteiger partial charge >= 0.3 is 5.97 Å². The van der Waals surface area contributed by atoms with Gasteiger partial charge in [0.15, 0.2) is 0 Å². The molecule has 0 unspecified atom stereocenters. The fraction of sp³-hybridized carbons (Fsp3) is 0.333. The van der Waals surface area contributed by atoms with Crippen molar-refractivity contribution in [2.75, 3.05) is 19.8 Å². The summed E-state index contributed by atoms with van der Waals surface area (Å²) in [4.78, 5) is 12.0. The third-order valence-corrected chi connectivity index (χ3v) is 3.02. The van der Waals surface area contributed by atoms with Crippen LogP contribution in [0.1, 0.15) is 23.0 Å². The van der Waals surface area contributed by atoms with Crippen molar-refractivity contribution in [2.45, 2.75) is 13.5 Å². The molecule has 2 N–H and O–H groups in total. The molecule has 0 saturated heterocycles. The molecule has 0 aliphatic carbocycles. The largest absolute Gasteiger partial charge is 0.462 e. The minimum atomic E-state index is -0.461. The number of carbonyl (C=O) groups is 1. The van der Waals surface area contributed by atoms with E-state index in [0.717, 1.165) is 0 Å². The lowest BCUT2D eigenvalue weighted by atomic mass is 10.2. The van der Waals surface area contributed by atoms with Crippen molar-refractivity contribution in [2.24, 2.45) is 0 Å². The molecule has 0 saturated carbocycles. The van der Waals surface area contributed by atoms with E-state index in [2.05, 4.69) is 10.4 Å². The van der Waals surface area contributed by atoms with E-state index in [9.17, 15) is 9.18 Å². The van der Waals surface area contributed by atoms with Gasteiger partial charge in [-0.2, -0.15) is 5.10 Å². The van der Waals surface area contributed by atoms with Crippen LogP contribution in [0.5, 0.6) is 0 Å². The minimum absolute atomic E-state index is 0.0145. The number of rotatable bonds is 7. The zero-order valence-electron chi connectivity index (χ0n) is 12.3. The highest BCUT2D eigenvalue weighted by atomic mass is 19.1. The fourth-order valence-corrected chi connectivity index (χ4v) is 2.01. The van der Waals surface area contributed by atoms with Crippen LogP contribution in [0.25, 0.3) is 5.69 Å². The molecule has 7 heteroatoms. The van der Waals surface area contributed by atoms with Crippen LogP contribution in [0, 0.1) is 5.82 Å². The summed E-state index contributed by atoms with van der Waals surface area (Å²) < 4.78 is 19.6. The van der Waals surface area contributed by atoms with Crippen molar-refractivity contribution < 1.29 is 19.0 Å². The lowest BCUT2D eigenvalue weighted by Gasteiger charge is -2.10. The maximum atomic E-state index is 13.0. The number of hydrogen-bond donors (Lipinski definition) is 2. The zero-order chi connectivity index (χ0) is 15.9. The van der Waals surface area contributed by atoms with E-state index < -0.39 is 5.97 Å². The first kappa shape index (κ1) is 16.1. The molecule has 22 heavy (non-hydrogen) atoms. The van der Waals surface area contributed by atoms with E-state index in [0.29, 0.717) is 30.0 Å². The Morgan fingerprint density at radius 2 is 2.14 bits per heavy atom. The SMILES string of the molecule is CCOC(=O)c1cnn(-c2ccc(F)cc2)c1CNCCO. The van der Waals surface area contributed by atoms with Crippen LogP contribution in [0.15, 0.2) is 30.5 Å². The first-order valence-electron chi connectivity index (χ1n) is 6.99. The summed E-state index contributed by atoms with van der Waals surface area (Å²) in [5, 5.41) is 16.0. The molecule has 6 nitrogen and oxygen atoms in total. The summed E-state index contributed by atoms with van der Waals surface area (Å²) in [6.07, 6.45) is 1.43. The summed E-state index contributed by atoms with van der Waals surface area (Å²) in [5.41, 5.74) is 1.58. The van der Waals surface area contributed by atoms with Crippen LogP contribution in [-0.4, -0.2) is 40.6 Å². The van der Waals surface area contributed by atoms with Crippen LogP contribution in [0.2, 0.25) is 0 Å². The summed E-state index contributed by atoms with van der Waals surface area (Å²) >= 11 is 0. The molecule has 0 aliphatic heterocycles. The van der Waals surface area contributed by atoms with Crippen LogP contribution in [-0.2, 0) is 11.3 Å². The van der Waals surface area contributed by atoms with Crippen LogP contribution in [0.3, 0.4) is 0 Å². The summed E-state index contributed by atoms with van der Waals surface area (Å²) in [5.74, 6) is -0.807. The number of ether oxygens (including phenoxy) is 1. The topological polar surface area (TPSA) is 76.4 Å². The molecule has 0 amide bonds. The van der Waals surface area contributed by atoms with Gasteiger partial charge in [-0.05, 0) is 31.2 Å². The number of nitrogens with zero attached hydrogens (tertiary/aromatic N) is 2. The quantitative estimate of drug-likeness (QED) is 0.595. The number of aliphatic hydroxyl groups is 1. The van der Waals surface area contributed by atoms with Gasteiger partial charge in [0.25, 0.3) is 0 Å². The summed E-state index contributed by atoms with van der Waals surface area (Å²) in [6.45, 7) is 2.69. The highest BCUT2D eigenvalue weighted by molar-refractivity contribution is 5.90. The minimum Gasteiger partial charge on any atom is -0.462 e. The Hall–Kier alpha value is -2.25. The van der Waals surface area contributed by atoms with Crippen LogP contribution < -0.4 is 5.32 Å². The number of hydrogen-bond acceptors (Lipinski definition) is 5. The van der Waals surface area contributed by atoms with Crippen molar-refractivity contribution in [1.82, 2.24) is 15.1 Å². The van der Waals surface area contributed by atoms with E-state index in [1.165, 1.54) is 18.3 Å². The zero-order valence-corrected chi connectivity index (χ0v) is 12.3. The molecule has 2 aromatic rings. The fourth-order valence-electron chi connectivity index (χ4n) is 2.01. The van der Waals surface area contributed by atoms with Gasteiger partial charge in [-0.3, -0.25) is 0 Å². The maximum absolute atomic E-state index is 13.0. The van der Waals surface area contributed by atoms with Gasteiger partial charge in [0.05, 0.1) is 30.8 Å². The van der Waals surface area contributed by atoms with Gasteiger partial charge in [0, 0.05) is 13.1 Å². The third kappa shape index (κ3) is 3.69. The second-order valence-corrected chi connectivity index (χ2v) is 4.51. The smallest absolute Gasteiger partial charge is 0.341 e. The number of aliphatic hydroxyl groups excluding tert-OH is 1. The summed E-state index contributed by atoms with van der Waals surface area (Å²) in [6, 6.07) is 5.80. The van der Waals surface area contributed by atoms with Gasteiger partial charge in [-0.25, -0.2) is 13.9 Å².